The molecule has 0 fully saturated rings. The highest BCUT2D eigenvalue weighted by Crippen LogP contribution is 2.31. The second kappa shape index (κ2) is 11.0. The first-order valence-corrected chi connectivity index (χ1v) is 10.2. The summed E-state index contributed by atoms with van der Waals surface area (Å²) in [5.74, 6) is 1.61. The Morgan fingerprint density at radius 1 is 1.19 bits per heavy atom. The van der Waals surface area contributed by atoms with Crippen molar-refractivity contribution in [2.24, 2.45) is 4.99 Å². The third-order valence-electron chi connectivity index (χ3n) is 5.26. The van der Waals surface area contributed by atoms with Crippen molar-refractivity contribution in [2.45, 2.75) is 18.9 Å². The van der Waals surface area contributed by atoms with Crippen molar-refractivity contribution >= 4 is 41.5 Å². The number of carbonyl (C=O) groups is 1. The summed E-state index contributed by atoms with van der Waals surface area (Å²) >= 11 is 0. The van der Waals surface area contributed by atoms with Crippen LogP contribution in [0.3, 0.4) is 0 Å². The topological polar surface area (TPSA) is 92.6 Å². The monoisotopic (exact) mass is 546 g/mol. The number of halogens is 1. The van der Waals surface area contributed by atoms with Gasteiger partial charge in [0.15, 0.2) is 5.96 Å². The molecule has 8 nitrogen and oxygen atoms in total. The van der Waals surface area contributed by atoms with E-state index in [1.54, 1.807) is 14.2 Å². The number of methoxy groups -OCH3 is 1. The van der Waals surface area contributed by atoms with Gasteiger partial charge in [-0.3, -0.25) is 9.79 Å². The average Bonchev–Trinajstić information content (AvgIpc) is 3.28. The predicted octanol–water partition coefficient (Wildman–Crippen LogP) is 3.29. The smallest absolute Gasteiger partial charge is 0.225 e. The predicted molar refractivity (Wildman–Crippen MR) is 136 cm³/mol. The fourth-order valence-electron chi connectivity index (χ4n) is 3.63. The number of fused-ring (bicyclic) bond motifs is 1. The van der Waals surface area contributed by atoms with E-state index in [4.69, 9.17) is 4.74 Å². The Hall–Kier alpha value is -3.08. The van der Waals surface area contributed by atoms with E-state index in [0.717, 1.165) is 28.4 Å². The number of para-hydroxylation sites is 1. The Balaban J connectivity index is 0.00000289. The summed E-state index contributed by atoms with van der Waals surface area (Å²) in [5.41, 5.74) is 3.88. The molecule has 2 heterocycles. The molecule has 32 heavy (non-hydrogen) atoms. The number of ether oxygens (including phenoxy) is 1. The first-order chi connectivity index (χ1) is 15.2. The first-order valence-electron chi connectivity index (χ1n) is 10.2. The molecule has 1 atom stereocenters. The van der Waals surface area contributed by atoms with E-state index in [2.05, 4.69) is 32.1 Å². The van der Waals surface area contributed by atoms with Crippen LogP contribution >= 0.6 is 24.0 Å². The van der Waals surface area contributed by atoms with Crippen molar-refractivity contribution in [1.29, 1.82) is 0 Å². The molecule has 0 bridgehead atoms. The maximum Gasteiger partial charge on any atom is 0.225 e. The molecule has 1 aliphatic heterocycles. The van der Waals surface area contributed by atoms with Crippen molar-refractivity contribution in [3.63, 3.8) is 0 Å². The quantitative estimate of drug-likeness (QED) is 0.251. The zero-order valence-electron chi connectivity index (χ0n) is 18.0. The molecule has 1 amide bonds. The summed E-state index contributed by atoms with van der Waals surface area (Å²) in [6, 6.07) is 17.6. The van der Waals surface area contributed by atoms with Gasteiger partial charge in [0, 0.05) is 37.8 Å². The van der Waals surface area contributed by atoms with Gasteiger partial charge in [0.25, 0.3) is 0 Å². The standard InChI is InChI=1S/C23H26N6O2.HI/c1-24-23(25-14-16-13-22(30)27-21-6-4-3-5-20(16)21)26-15-17-11-12-29(28-17)18-7-9-19(31-2)10-8-18;/h3-12,16H,13-15H2,1-2H3,(H,27,30)(H2,24,25,26);1H. The van der Waals surface area contributed by atoms with Gasteiger partial charge >= 0.3 is 0 Å². The van der Waals surface area contributed by atoms with Crippen LogP contribution < -0.4 is 20.7 Å². The molecule has 3 aromatic rings. The molecule has 4 rings (SSSR count). The van der Waals surface area contributed by atoms with Gasteiger partial charge in [-0.05, 0) is 42.0 Å². The number of nitrogens with zero attached hydrogens (tertiary/aromatic N) is 3. The number of carbonyl (C=O) groups excluding carboxylic acids is 1. The van der Waals surface area contributed by atoms with E-state index in [0.29, 0.717) is 25.5 Å². The number of aliphatic imine (C=N–C) groups is 1. The molecule has 9 heteroatoms. The lowest BCUT2D eigenvalue weighted by Crippen LogP contribution is -2.40. The minimum atomic E-state index is 0. The molecular formula is C23H27IN6O2. The fourth-order valence-corrected chi connectivity index (χ4v) is 3.63. The molecule has 0 aliphatic carbocycles. The van der Waals surface area contributed by atoms with E-state index < -0.39 is 0 Å². The number of hydrogen-bond acceptors (Lipinski definition) is 4. The normalized spacial score (nSPS) is 15.2. The van der Waals surface area contributed by atoms with Crippen LogP contribution in [0.1, 0.15) is 23.6 Å². The number of nitrogens with one attached hydrogen (secondary N) is 3. The first kappa shape index (κ1) is 23.6. The minimum absolute atomic E-state index is 0. The second-order valence-electron chi connectivity index (χ2n) is 7.29. The Bertz CT molecular complexity index is 1080. The third-order valence-corrected chi connectivity index (χ3v) is 5.26. The van der Waals surface area contributed by atoms with Gasteiger partial charge in [0.05, 0.1) is 25.0 Å². The van der Waals surface area contributed by atoms with Crippen molar-refractivity contribution in [1.82, 2.24) is 20.4 Å². The lowest BCUT2D eigenvalue weighted by molar-refractivity contribution is -0.116. The Morgan fingerprint density at radius 3 is 2.72 bits per heavy atom. The Labute approximate surface area is 204 Å². The molecule has 168 valence electrons. The summed E-state index contributed by atoms with van der Waals surface area (Å²) in [7, 11) is 3.38. The molecule has 1 aliphatic rings. The Kier molecular flexibility index (Phi) is 8.09. The largest absolute Gasteiger partial charge is 0.497 e. The summed E-state index contributed by atoms with van der Waals surface area (Å²) < 4.78 is 7.02. The van der Waals surface area contributed by atoms with Crippen LogP contribution in [0, 0.1) is 0 Å². The number of rotatable bonds is 6. The molecule has 1 aromatic heterocycles. The van der Waals surface area contributed by atoms with Crippen LogP contribution in [0.25, 0.3) is 5.69 Å². The average molecular weight is 546 g/mol. The minimum Gasteiger partial charge on any atom is -0.497 e. The summed E-state index contributed by atoms with van der Waals surface area (Å²) in [6.07, 6.45) is 2.37. The number of anilines is 1. The van der Waals surface area contributed by atoms with Gasteiger partial charge in [0.1, 0.15) is 5.75 Å². The van der Waals surface area contributed by atoms with Gasteiger partial charge in [-0.2, -0.15) is 5.10 Å². The SMILES string of the molecule is CN=C(NCc1ccn(-c2ccc(OC)cc2)n1)NCC1CC(=O)Nc2ccccc21.I. The molecule has 1 unspecified atom stereocenters. The summed E-state index contributed by atoms with van der Waals surface area (Å²) in [6.45, 7) is 1.15. The van der Waals surface area contributed by atoms with Crippen LogP contribution in [-0.2, 0) is 11.3 Å². The van der Waals surface area contributed by atoms with Crippen LogP contribution in [0.15, 0.2) is 65.8 Å². The van der Waals surface area contributed by atoms with Gasteiger partial charge in [0.2, 0.25) is 5.91 Å². The highest BCUT2D eigenvalue weighted by Gasteiger charge is 2.24. The van der Waals surface area contributed by atoms with Crippen molar-refractivity contribution in [3.05, 3.63) is 72.1 Å². The summed E-state index contributed by atoms with van der Waals surface area (Å²) in [5, 5.41) is 14.2. The van der Waals surface area contributed by atoms with E-state index in [1.807, 2.05) is 59.4 Å². The van der Waals surface area contributed by atoms with Crippen molar-refractivity contribution in [2.75, 3.05) is 26.0 Å². The van der Waals surface area contributed by atoms with Crippen molar-refractivity contribution < 1.29 is 9.53 Å². The number of hydrogen-bond donors (Lipinski definition) is 3. The fraction of sp³-hybridized carbons (Fsp3) is 0.261. The highest BCUT2D eigenvalue weighted by molar-refractivity contribution is 14.0. The van der Waals surface area contributed by atoms with E-state index in [-0.39, 0.29) is 35.8 Å². The van der Waals surface area contributed by atoms with Crippen LogP contribution in [0.4, 0.5) is 5.69 Å². The van der Waals surface area contributed by atoms with Gasteiger partial charge in [-0.1, -0.05) is 18.2 Å². The number of aromatic nitrogens is 2. The summed E-state index contributed by atoms with van der Waals surface area (Å²) in [4.78, 5) is 16.3. The maximum absolute atomic E-state index is 12.0. The zero-order valence-corrected chi connectivity index (χ0v) is 20.4. The van der Waals surface area contributed by atoms with E-state index in [1.165, 1.54) is 0 Å². The second-order valence-corrected chi connectivity index (χ2v) is 7.29. The molecule has 0 saturated heterocycles. The number of guanidine groups is 1. The Morgan fingerprint density at radius 2 is 1.97 bits per heavy atom. The molecular weight excluding hydrogens is 519 g/mol. The van der Waals surface area contributed by atoms with Crippen LogP contribution in [0.2, 0.25) is 0 Å². The molecule has 3 N–H and O–H groups in total. The van der Waals surface area contributed by atoms with Crippen LogP contribution in [-0.4, -0.2) is 42.3 Å². The van der Waals surface area contributed by atoms with Crippen molar-refractivity contribution in [3.8, 4) is 11.4 Å². The molecule has 0 saturated carbocycles. The van der Waals surface area contributed by atoms with Gasteiger partial charge in [-0.15, -0.1) is 24.0 Å². The highest BCUT2D eigenvalue weighted by atomic mass is 127. The number of benzene rings is 2. The third kappa shape index (κ3) is 5.58. The number of amides is 1. The zero-order chi connectivity index (χ0) is 21.6. The van der Waals surface area contributed by atoms with Crippen LogP contribution in [0.5, 0.6) is 5.75 Å². The van der Waals surface area contributed by atoms with E-state index >= 15 is 0 Å². The van der Waals surface area contributed by atoms with Gasteiger partial charge < -0.3 is 20.7 Å². The van der Waals surface area contributed by atoms with Gasteiger partial charge in [-0.25, -0.2) is 4.68 Å². The molecule has 2 aromatic carbocycles. The molecule has 0 spiro atoms. The lowest BCUT2D eigenvalue weighted by Gasteiger charge is -2.26. The maximum atomic E-state index is 12.0. The lowest BCUT2D eigenvalue weighted by atomic mass is 9.90. The van der Waals surface area contributed by atoms with E-state index in [9.17, 15) is 4.79 Å². The molecule has 0 radical (unpaired) electrons.